The highest BCUT2D eigenvalue weighted by Crippen LogP contribution is 2.43. The zero-order valence-electron chi connectivity index (χ0n) is 17.5. The maximum atomic E-state index is 13.4. The smallest absolute Gasteiger partial charge is 0.254 e. The lowest BCUT2D eigenvalue weighted by Gasteiger charge is -2.41. The number of aliphatic hydroxyl groups excluding tert-OH is 1. The van der Waals surface area contributed by atoms with E-state index in [1.165, 1.54) is 0 Å². The monoisotopic (exact) mass is 400 g/mol. The molecule has 3 aliphatic rings. The van der Waals surface area contributed by atoms with E-state index in [4.69, 9.17) is 0 Å². The van der Waals surface area contributed by atoms with Gasteiger partial charge in [-0.25, -0.2) is 4.98 Å². The number of aromatic nitrogens is 1. The van der Waals surface area contributed by atoms with Crippen molar-refractivity contribution in [2.45, 2.75) is 57.1 Å². The Bertz CT molecular complexity index is 758. The van der Waals surface area contributed by atoms with Gasteiger partial charge in [0.15, 0.2) is 0 Å². The van der Waals surface area contributed by atoms with E-state index in [0.29, 0.717) is 18.0 Å². The molecule has 0 aromatic carbocycles. The minimum atomic E-state index is -0.311. The molecule has 1 aromatic heterocycles. The Morgan fingerprint density at radius 3 is 2.59 bits per heavy atom. The second-order valence-corrected chi connectivity index (χ2v) is 9.12. The van der Waals surface area contributed by atoms with Crippen molar-refractivity contribution in [1.82, 2.24) is 14.8 Å². The van der Waals surface area contributed by atoms with Crippen molar-refractivity contribution in [2.24, 2.45) is 5.41 Å². The molecule has 2 amide bonds. The molecule has 1 N–H and O–H groups in total. The van der Waals surface area contributed by atoms with Gasteiger partial charge in [-0.1, -0.05) is 0 Å². The average Bonchev–Trinajstić information content (AvgIpc) is 3.04. The number of carbonyl (C=O) groups is 2. The van der Waals surface area contributed by atoms with Gasteiger partial charge in [-0.3, -0.25) is 9.59 Å². The molecular weight excluding hydrogens is 368 g/mol. The number of anilines is 1. The molecule has 0 radical (unpaired) electrons. The molecule has 1 atom stereocenters. The minimum absolute atomic E-state index is 0.0571. The molecule has 4 rings (SSSR count). The first-order valence-electron chi connectivity index (χ1n) is 10.8. The fraction of sp³-hybridized carbons (Fsp3) is 0.682. The summed E-state index contributed by atoms with van der Waals surface area (Å²) in [5.74, 6) is 1.08. The number of hydrogen-bond donors (Lipinski definition) is 1. The zero-order chi connectivity index (χ0) is 20.6. The third-order valence-electron chi connectivity index (χ3n) is 6.95. The van der Waals surface area contributed by atoms with Crippen molar-refractivity contribution in [3.05, 3.63) is 23.9 Å². The molecule has 1 saturated carbocycles. The van der Waals surface area contributed by atoms with Crippen LogP contribution in [0.25, 0.3) is 0 Å². The molecular formula is C22H32N4O3. The summed E-state index contributed by atoms with van der Waals surface area (Å²) in [5, 5.41) is 9.78. The van der Waals surface area contributed by atoms with Crippen LogP contribution in [0.4, 0.5) is 5.82 Å². The van der Waals surface area contributed by atoms with Crippen LogP contribution in [0, 0.1) is 5.41 Å². The summed E-state index contributed by atoms with van der Waals surface area (Å²) < 4.78 is 0. The van der Waals surface area contributed by atoms with Gasteiger partial charge in [-0.15, -0.1) is 0 Å². The highest BCUT2D eigenvalue weighted by atomic mass is 16.3. The van der Waals surface area contributed by atoms with E-state index in [0.717, 1.165) is 63.9 Å². The lowest BCUT2D eigenvalue weighted by Crippen LogP contribution is -2.50. The number of pyridine rings is 1. The van der Waals surface area contributed by atoms with Gasteiger partial charge in [-0.2, -0.15) is 0 Å². The van der Waals surface area contributed by atoms with E-state index < -0.39 is 0 Å². The summed E-state index contributed by atoms with van der Waals surface area (Å²) in [7, 11) is 3.46. The third kappa shape index (κ3) is 3.84. The van der Waals surface area contributed by atoms with E-state index in [2.05, 4.69) is 14.8 Å². The summed E-state index contributed by atoms with van der Waals surface area (Å²) in [6.45, 7) is 2.42. The van der Waals surface area contributed by atoms with E-state index in [1.54, 1.807) is 25.2 Å². The number of aliphatic hydroxyl groups is 1. The first-order valence-corrected chi connectivity index (χ1v) is 10.8. The Morgan fingerprint density at radius 1 is 1.17 bits per heavy atom. The van der Waals surface area contributed by atoms with Gasteiger partial charge in [0.1, 0.15) is 5.82 Å². The summed E-state index contributed by atoms with van der Waals surface area (Å²) in [5.41, 5.74) is 0.266. The van der Waals surface area contributed by atoms with Crippen LogP contribution in [0.3, 0.4) is 0 Å². The molecule has 2 aliphatic heterocycles. The van der Waals surface area contributed by atoms with Crippen molar-refractivity contribution in [1.29, 1.82) is 0 Å². The molecule has 7 nitrogen and oxygen atoms in total. The lowest BCUT2D eigenvalue weighted by molar-refractivity contribution is -0.139. The minimum Gasteiger partial charge on any atom is -0.393 e. The molecule has 1 aromatic rings. The zero-order valence-corrected chi connectivity index (χ0v) is 17.5. The third-order valence-corrected chi connectivity index (χ3v) is 6.95. The van der Waals surface area contributed by atoms with Gasteiger partial charge in [0, 0.05) is 46.0 Å². The van der Waals surface area contributed by atoms with Gasteiger partial charge in [0.25, 0.3) is 5.91 Å². The van der Waals surface area contributed by atoms with Gasteiger partial charge in [0.05, 0.1) is 17.1 Å². The Morgan fingerprint density at radius 2 is 1.93 bits per heavy atom. The number of hydrogen-bond acceptors (Lipinski definition) is 5. The predicted octanol–water partition coefficient (Wildman–Crippen LogP) is 1.91. The van der Waals surface area contributed by atoms with Crippen LogP contribution in [-0.4, -0.2) is 77.6 Å². The van der Waals surface area contributed by atoms with E-state index in [-0.39, 0.29) is 23.5 Å². The van der Waals surface area contributed by atoms with Crippen LogP contribution in [-0.2, 0) is 4.79 Å². The van der Waals surface area contributed by atoms with Crippen molar-refractivity contribution in [3.8, 4) is 0 Å². The second-order valence-electron chi connectivity index (χ2n) is 9.12. The number of nitrogens with zero attached hydrogens (tertiary/aromatic N) is 4. The maximum absolute atomic E-state index is 13.4. The molecule has 2 saturated heterocycles. The molecule has 3 fully saturated rings. The van der Waals surface area contributed by atoms with Gasteiger partial charge in [-0.05, 0) is 57.1 Å². The maximum Gasteiger partial charge on any atom is 0.254 e. The number of piperidine rings is 1. The molecule has 158 valence electrons. The molecule has 0 unspecified atom stereocenters. The Balaban J connectivity index is 1.45. The Labute approximate surface area is 172 Å². The van der Waals surface area contributed by atoms with E-state index >= 15 is 0 Å². The van der Waals surface area contributed by atoms with Crippen LogP contribution < -0.4 is 4.90 Å². The van der Waals surface area contributed by atoms with Gasteiger partial charge in [0.2, 0.25) is 5.91 Å². The van der Waals surface area contributed by atoms with Crippen molar-refractivity contribution >= 4 is 17.6 Å². The molecule has 29 heavy (non-hydrogen) atoms. The standard InChI is InChI=1S/C22H32N4O3/c1-24(2)20(28)16-4-9-19(23-14-16)25-12-3-10-22(15-25)11-13-26(21(22)29)17-5-7-18(27)8-6-17/h4,9,14,17-18,27H,3,5-8,10-13,15H2,1-2H3/t17?,18?,22-/m1/s1. The summed E-state index contributed by atoms with van der Waals surface area (Å²) >= 11 is 0. The van der Waals surface area contributed by atoms with Crippen molar-refractivity contribution in [2.75, 3.05) is 38.6 Å². The van der Waals surface area contributed by atoms with Crippen LogP contribution in [0.1, 0.15) is 55.3 Å². The highest BCUT2D eigenvalue weighted by Gasteiger charge is 2.50. The summed E-state index contributed by atoms with van der Waals surface area (Å²) in [6.07, 6.45) is 7.68. The number of rotatable bonds is 3. The average molecular weight is 401 g/mol. The van der Waals surface area contributed by atoms with Crippen LogP contribution in [0.2, 0.25) is 0 Å². The fourth-order valence-corrected chi connectivity index (χ4v) is 5.23. The van der Waals surface area contributed by atoms with Crippen LogP contribution in [0.15, 0.2) is 18.3 Å². The molecule has 7 heteroatoms. The van der Waals surface area contributed by atoms with Crippen molar-refractivity contribution < 1.29 is 14.7 Å². The molecule has 1 spiro atoms. The van der Waals surface area contributed by atoms with E-state index in [9.17, 15) is 14.7 Å². The lowest BCUT2D eigenvalue weighted by atomic mass is 9.78. The molecule has 0 bridgehead atoms. The van der Waals surface area contributed by atoms with Crippen LogP contribution in [0.5, 0.6) is 0 Å². The largest absolute Gasteiger partial charge is 0.393 e. The molecule has 1 aliphatic carbocycles. The first kappa shape index (κ1) is 20.1. The predicted molar refractivity (Wildman–Crippen MR) is 111 cm³/mol. The Kier molecular flexibility index (Phi) is 5.51. The summed E-state index contributed by atoms with van der Waals surface area (Å²) in [6, 6.07) is 4.01. The number of carbonyl (C=O) groups excluding carboxylic acids is 2. The Hall–Kier alpha value is -2.15. The number of amides is 2. The fourth-order valence-electron chi connectivity index (χ4n) is 5.23. The second kappa shape index (κ2) is 7.94. The van der Waals surface area contributed by atoms with E-state index in [1.807, 2.05) is 12.1 Å². The summed E-state index contributed by atoms with van der Waals surface area (Å²) in [4.78, 5) is 35.9. The SMILES string of the molecule is CN(C)C(=O)c1ccc(N2CCC[C@@]3(CCN(C4CCC(O)CC4)C3=O)C2)nc1. The normalized spacial score (nSPS) is 30.1. The first-order chi connectivity index (χ1) is 13.9. The van der Waals surface area contributed by atoms with Crippen LogP contribution >= 0.6 is 0 Å². The highest BCUT2D eigenvalue weighted by molar-refractivity contribution is 5.93. The number of likely N-dealkylation sites (tertiary alicyclic amines) is 1. The van der Waals surface area contributed by atoms with Gasteiger partial charge >= 0.3 is 0 Å². The topological polar surface area (TPSA) is 77.0 Å². The van der Waals surface area contributed by atoms with Crippen molar-refractivity contribution in [3.63, 3.8) is 0 Å². The molecule has 3 heterocycles. The van der Waals surface area contributed by atoms with Gasteiger partial charge < -0.3 is 19.8 Å². The quantitative estimate of drug-likeness (QED) is 0.839.